The summed E-state index contributed by atoms with van der Waals surface area (Å²) in [6, 6.07) is 38.8. The molecule has 0 amide bonds. The van der Waals surface area contributed by atoms with Crippen LogP contribution in [0.4, 0.5) is 0 Å². The summed E-state index contributed by atoms with van der Waals surface area (Å²) in [7, 11) is 0. The highest BCUT2D eigenvalue weighted by Gasteiger charge is 2.46. The molecule has 0 nitrogen and oxygen atoms in total. The van der Waals surface area contributed by atoms with Crippen LogP contribution in [0.1, 0.15) is 59.7 Å². The zero-order chi connectivity index (χ0) is 25.5. The fourth-order valence-corrected chi connectivity index (χ4v) is 7.10. The highest BCUT2D eigenvalue weighted by atomic mass is 14.5. The first-order valence-electron chi connectivity index (χ1n) is 13.4. The third-order valence-electron chi connectivity index (χ3n) is 9.03. The van der Waals surface area contributed by atoms with Crippen LogP contribution in [0.2, 0.25) is 0 Å². The van der Waals surface area contributed by atoms with Crippen molar-refractivity contribution in [2.24, 2.45) is 0 Å². The van der Waals surface area contributed by atoms with Crippen LogP contribution in [0.3, 0.4) is 0 Å². The maximum atomic E-state index is 2.46. The lowest BCUT2D eigenvalue weighted by molar-refractivity contribution is 0.655. The number of rotatable bonds is 2. The normalized spacial score (nSPS) is 18.2. The molecule has 0 heteroatoms. The monoisotopic (exact) mass is 476 g/mol. The molecule has 0 aromatic heterocycles. The van der Waals surface area contributed by atoms with E-state index in [0.29, 0.717) is 0 Å². The lowest BCUT2D eigenvalue weighted by Crippen LogP contribution is -2.24. The molecule has 180 valence electrons. The minimum atomic E-state index is -0.217. The molecule has 0 radical (unpaired) electrons. The Hall–Kier alpha value is -3.90. The number of hydrogen-bond acceptors (Lipinski definition) is 0. The van der Waals surface area contributed by atoms with Gasteiger partial charge < -0.3 is 0 Å². The third-order valence-corrected chi connectivity index (χ3v) is 9.03. The molecule has 2 aliphatic rings. The second kappa shape index (κ2) is 7.56. The molecular formula is C37H32. The van der Waals surface area contributed by atoms with Crippen molar-refractivity contribution >= 4 is 0 Å². The predicted octanol–water partition coefficient (Wildman–Crippen LogP) is 9.61. The minimum Gasteiger partial charge on any atom is -0.0622 e. The van der Waals surface area contributed by atoms with E-state index in [4.69, 9.17) is 0 Å². The molecule has 37 heavy (non-hydrogen) atoms. The molecule has 0 spiro atoms. The summed E-state index contributed by atoms with van der Waals surface area (Å²) in [5.74, 6) is 0. The van der Waals surface area contributed by atoms with E-state index in [2.05, 4.69) is 138 Å². The van der Waals surface area contributed by atoms with E-state index in [-0.39, 0.29) is 10.8 Å². The SMILES string of the molecule is Cc1ccc2c(c1)-c1ccccc1C2(C)c1cc(C)cc2c1-c1ccc(-c3ccccc3)cc1C2(C)C. The van der Waals surface area contributed by atoms with Gasteiger partial charge in [0.25, 0.3) is 0 Å². The Morgan fingerprint density at radius 1 is 0.432 bits per heavy atom. The van der Waals surface area contributed by atoms with E-state index in [0.717, 1.165) is 0 Å². The summed E-state index contributed by atoms with van der Waals surface area (Å²) in [4.78, 5) is 0. The molecule has 2 aliphatic carbocycles. The third kappa shape index (κ3) is 2.96. The molecule has 0 saturated heterocycles. The first-order chi connectivity index (χ1) is 17.8. The average Bonchev–Trinajstić information content (AvgIpc) is 3.29. The molecule has 5 aromatic rings. The quantitative estimate of drug-likeness (QED) is 0.238. The second-order valence-electron chi connectivity index (χ2n) is 11.7. The van der Waals surface area contributed by atoms with Gasteiger partial charge in [0.1, 0.15) is 0 Å². The summed E-state index contributed by atoms with van der Waals surface area (Å²) in [5.41, 5.74) is 17.6. The van der Waals surface area contributed by atoms with Crippen LogP contribution in [-0.4, -0.2) is 0 Å². The Morgan fingerprint density at radius 3 is 1.95 bits per heavy atom. The summed E-state index contributed by atoms with van der Waals surface area (Å²) < 4.78 is 0. The van der Waals surface area contributed by atoms with Crippen molar-refractivity contribution in [3.63, 3.8) is 0 Å². The molecule has 1 atom stereocenters. The molecule has 1 unspecified atom stereocenters. The molecule has 0 N–H and O–H groups in total. The van der Waals surface area contributed by atoms with Gasteiger partial charge in [-0.25, -0.2) is 0 Å². The lowest BCUT2D eigenvalue weighted by Gasteiger charge is -2.32. The van der Waals surface area contributed by atoms with Crippen LogP contribution in [0.25, 0.3) is 33.4 Å². The van der Waals surface area contributed by atoms with Crippen LogP contribution < -0.4 is 0 Å². The van der Waals surface area contributed by atoms with Crippen molar-refractivity contribution in [2.45, 2.75) is 45.4 Å². The highest BCUT2D eigenvalue weighted by Crippen LogP contribution is 2.59. The Labute approximate surface area is 220 Å². The first-order valence-corrected chi connectivity index (χ1v) is 13.4. The Bertz CT molecular complexity index is 1720. The van der Waals surface area contributed by atoms with E-state index in [1.54, 1.807) is 0 Å². The van der Waals surface area contributed by atoms with Crippen LogP contribution >= 0.6 is 0 Å². The van der Waals surface area contributed by atoms with Gasteiger partial charge in [0.2, 0.25) is 0 Å². The lowest BCUT2D eigenvalue weighted by atomic mass is 9.70. The van der Waals surface area contributed by atoms with E-state index < -0.39 is 0 Å². The minimum absolute atomic E-state index is 0.0686. The van der Waals surface area contributed by atoms with E-state index in [9.17, 15) is 0 Å². The predicted molar refractivity (Wildman–Crippen MR) is 156 cm³/mol. The van der Waals surface area contributed by atoms with Crippen molar-refractivity contribution in [1.82, 2.24) is 0 Å². The zero-order valence-corrected chi connectivity index (χ0v) is 22.3. The van der Waals surface area contributed by atoms with Crippen LogP contribution in [0.15, 0.2) is 103 Å². The van der Waals surface area contributed by atoms with E-state index in [1.165, 1.54) is 72.3 Å². The van der Waals surface area contributed by atoms with Crippen molar-refractivity contribution in [3.05, 3.63) is 142 Å². The zero-order valence-electron chi connectivity index (χ0n) is 22.3. The Kier molecular flexibility index (Phi) is 4.56. The smallest absolute Gasteiger partial charge is 0.0441 e. The largest absolute Gasteiger partial charge is 0.0622 e. The van der Waals surface area contributed by atoms with Gasteiger partial charge in [0.15, 0.2) is 0 Å². The highest BCUT2D eigenvalue weighted by molar-refractivity contribution is 5.91. The average molecular weight is 477 g/mol. The maximum Gasteiger partial charge on any atom is 0.0441 e. The van der Waals surface area contributed by atoms with Crippen molar-refractivity contribution in [3.8, 4) is 33.4 Å². The number of aryl methyl sites for hydroxylation is 2. The van der Waals surface area contributed by atoms with Gasteiger partial charge in [0, 0.05) is 10.8 Å². The van der Waals surface area contributed by atoms with E-state index >= 15 is 0 Å². The topological polar surface area (TPSA) is 0 Å². The summed E-state index contributed by atoms with van der Waals surface area (Å²) in [6.07, 6.45) is 0. The van der Waals surface area contributed by atoms with Crippen LogP contribution in [-0.2, 0) is 10.8 Å². The Morgan fingerprint density at radius 2 is 1.14 bits per heavy atom. The van der Waals surface area contributed by atoms with Gasteiger partial charge in [-0.2, -0.15) is 0 Å². The standard InChI is InChI=1S/C37H32/c1-23-15-18-31-29(19-23)27-13-9-10-14-30(27)37(31,5)34-21-24(2)20-33-35(34)28-17-16-26(22-32(28)36(33,3)4)25-11-7-6-8-12-25/h6-22H,1-5H3. The molecule has 5 aromatic carbocycles. The molecule has 0 fully saturated rings. The molecular weight excluding hydrogens is 444 g/mol. The van der Waals surface area contributed by atoms with Gasteiger partial charge in [-0.1, -0.05) is 122 Å². The van der Waals surface area contributed by atoms with Crippen molar-refractivity contribution in [2.75, 3.05) is 0 Å². The van der Waals surface area contributed by atoms with Gasteiger partial charge in [-0.05, 0) is 88.0 Å². The number of benzene rings is 5. The van der Waals surface area contributed by atoms with Crippen LogP contribution in [0, 0.1) is 13.8 Å². The molecule has 0 saturated carbocycles. The number of hydrogen-bond donors (Lipinski definition) is 0. The molecule has 7 rings (SSSR count). The van der Waals surface area contributed by atoms with Crippen molar-refractivity contribution < 1.29 is 0 Å². The first kappa shape index (κ1) is 22.3. The Balaban J connectivity index is 1.54. The fraction of sp³-hybridized carbons (Fsp3) is 0.189. The number of fused-ring (bicyclic) bond motifs is 6. The fourth-order valence-electron chi connectivity index (χ4n) is 7.10. The van der Waals surface area contributed by atoms with Gasteiger partial charge in [0.05, 0.1) is 0 Å². The summed E-state index contributed by atoms with van der Waals surface area (Å²) >= 11 is 0. The van der Waals surface area contributed by atoms with E-state index in [1.807, 2.05) is 0 Å². The van der Waals surface area contributed by atoms with Gasteiger partial charge >= 0.3 is 0 Å². The summed E-state index contributed by atoms with van der Waals surface area (Å²) in [5, 5.41) is 0. The molecule has 0 aliphatic heterocycles. The maximum absolute atomic E-state index is 2.46. The molecule has 0 bridgehead atoms. The van der Waals surface area contributed by atoms with Crippen molar-refractivity contribution in [1.29, 1.82) is 0 Å². The van der Waals surface area contributed by atoms with Gasteiger partial charge in [-0.15, -0.1) is 0 Å². The summed E-state index contributed by atoms with van der Waals surface area (Å²) in [6.45, 7) is 11.7. The molecule has 0 heterocycles. The van der Waals surface area contributed by atoms with Crippen LogP contribution in [0.5, 0.6) is 0 Å². The second-order valence-corrected chi connectivity index (χ2v) is 11.7. The van der Waals surface area contributed by atoms with Gasteiger partial charge in [-0.3, -0.25) is 0 Å².